The van der Waals surface area contributed by atoms with Gasteiger partial charge in [-0.05, 0) is 50.0 Å². The number of primary amides is 1. The van der Waals surface area contributed by atoms with E-state index >= 15 is 0 Å². The molecule has 2 bridgehead atoms. The van der Waals surface area contributed by atoms with Crippen LogP contribution in [0.4, 0.5) is 5.69 Å². The largest absolute Gasteiger partial charge is 0.390 e. The van der Waals surface area contributed by atoms with Crippen LogP contribution < -0.4 is 11.1 Å². The van der Waals surface area contributed by atoms with E-state index in [9.17, 15) is 9.90 Å². The first-order chi connectivity index (χ1) is 11.5. The number of carbonyl (C=O) groups excluding carboxylic acids is 1. The van der Waals surface area contributed by atoms with Crippen molar-refractivity contribution in [2.75, 3.05) is 5.32 Å². The van der Waals surface area contributed by atoms with E-state index in [1.807, 2.05) is 12.3 Å². The van der Waals surface area contributed by atoms with E-state index in [0.717, 1.165) is 48.8 Å². The van der Waals surface area contributed by atoms with E-state index in [-0.39, 0.29) is 6.04 Å². The lowest BCUT2D eigenvalue weighted by molar-refractivity contribution is -0.0677. The quantitative estimate of drug-likeness (QED) is 0.694. The maximum absolute atomic E-state index is 11.8. The van der Waals surface area contributed by atoms with E-state index in [4.69, 9.17) is 5.73 Å². The van der Waals surface area contributed by atoms with E-state index < -0.39 is 11.5 Å². The number of aromatic amines is 1. The molecule has 4 atom stereocenters. The van der Waals surface area contributed by atoms with Gasteiger partial charge in [-0.25, -0.2) is 4.98 Å². The Morgan fingerprint density at radius 1 is 1.50 bits per heavy atom. The molecule has 2 aliphatic carbocycles. The number of fused-ring (bicyclic) bond motifs is 3. The standard InChI is InChI=1S/C18H24N4O2/c1-10-6-11-8-18(24,7-10)4-2-14(11)22-15-12-3-5-20-17(12)21-9-13(15)16(19)23/h3,5,9-11,14,24H,2,4,6-8H2,1H3,(H2,19,23)(H2,20,21,22)/t10?,11-,14-,18-/m0/s1. The molecule has 6 nitrogen and oxygen atoms in total. The number of hydrogen-bond donors (Lipinski definition) is 4. The van der Waals surface area contributed by atoms with Crippen molar-refractivity contribution in [1.82, 2.24) is 9.97 Å². The van der Waals surface area contributed by atoms with Gasteiger partial charge in [0, 0.05) is 23.8 Å². The molecule has 0 aromatic carbocycles. The van der Waals surface area contributed by atoms with Crippen LogP contribution in [0.25, 0.3) is 11.0 Å². The topological polar surface area (TPSA) is 104 Å². The number of nitrogens with one attached hydrogen (secondary N) is 2. The van der Waals surface area contributed by atoms with Crippen LogP contribution in [-0.4, -0.2) is 32.6 Å². The first kappa shape index (κ1) is 15.4. The summed E-state index contributed by atoms with van der Waals surface area (Å²) in [4.78, 5) is 19.2. The number of nitrogens with zero attached hydrogens (tertiary/aromatic N) is 1. The Hall–Kier alpha value is -2.08. The van der Waals surface area contributed by atoms with Crippen LogP contribution in [0.1, 0.15) is 49.4 Å². The number of rotatable bonds is 3. The zero-order valence-electron chi connectivity index (χ0n) is 13.9. The number of anilines is 1. The number of H-pyrrole nitrogens is 1. The Labute approximate surface area is 140 Å². The molecule has 0 spiro atoms. The van der Waals surface area contributed by atoms with Crippen molar-refractivity contribution in [3.8, 4) is 0 Å². The van der Waals surface area contributed by atoms with Gasteiger partial charge < -0.3 is 21.1 Å². The fourth-order valence-corrected chi connectivity index (χ4v) is 4.80. The number of aromatic nitrogens is 2. The van der Waals surface area contributed by atoms with Crippen molar-refractivity contribution < 1.29 is 9.90 Å². The normalized spacial score (nSPS) is 32.7. The van der Waals surface area contributed by atoms with Gasteiger partial charge in [-0.15, -0.1) is 0 Å². The molecule has 1 amide bonds. The van der Waals surface area contributed by atoms with Crippen LogP contribution in [0.15, 0.2) is 18.5 Å². The summed E-state index contributed by atoms with van der Waals surface area (Å²) in [6.45, 7) is 2.21. The second-order valence-corrected chi connectivity index (χ2v) is 7.67. The second kappa shape index (κ2) is 5.48. The lowest BCUT2D eigenvalue weighted by Gasteiger charge is -2.48. The first-order valence-electron chi connectivity index (χ1n) is 8.70. The van der Waals surface area contributed by atoms with E-state index in [1.54, 1.807) is 0 Å². The average Bonchev–Trinajstić information content (AvgIpc) is 2.98. The van der Waals surface area contributed by atoms with Gasteiger partial charge in [0.1, 0.15) is 5.65 Å². The fourth-order valence-electron chi connectivity index (χ4n) is 4.80. The van der Waals surface area contributed by atoms with Crippen LogP contribution >= 0.6 is 0 Å². The summed E-state index contributed by atoms with van der Waals surface area (Å²) in [5.41, 5.74) is 6.98. The minimum absolute atomic E-state index is 0.242. The van der Waals surface area contributed by atoms with Crippen LogP contribution in [0, 0.1) is 11.8 Å². The third kappa shape index (κ3) is 2.55. The Morgan fingerprint density at radius 2 is 2.33 bits per heavy atom. The van der Waals surface area contributed by atoms with Gasteiger partial charge >= 0.3 is 0 Å². The molecule has 0 saturated heterocycles. The molecule has 0 aliphatic heterocycles. The summed E-state index contributed by atoms with van der Waals surface area (Å²) in [5.74, 6) is 0.464. The highest BCUT2D eigenvalue weighted by molar-refractivity contribution is 6.05. The van der Waals surface area contributed by atoms with Crippen molar-refractivity contribution in [1.29, 1.82) is 0 Å². The number of nitrogens with two attached hydrogens (primary N) is 1. The third-order valence-electron chi connectivity index (χ3n) is 5.75. The number of amides is 1. The predicted molar refractivity (Wildman–Crippen MR) is 92.7 cm³/mol. The lowest BCUT2D eigenvalue weighted by Crippen LogP contribution is -2.49. The molecule has 0 radical (unpaired) electrons. The van der Waals surface area contributed by atoms with Crippen LogP contribution in [0.5, 0.6) is 0 Å². The second-order valence-electron chi connectivity index (χ2n) is 7.67. The van der Waals surface area contributed by atoms with E-state index in [2.05, 4.69) is 22.2 Å². The van der Waals surface area contributed by atoms with Gasteiger partial charge in [0.05, 0.1) is 16.9 Å². The van der Waals surface area contributed by atoms with Crippen molar-refractivity contribution in [3.05, 3.63) is 24.0 Å². The summed E-state index contributed by atoms with van der Waals surface area (Å²) in [6.07, 6.45) is 7.90. The molecule has 2 aliphatic rings. The van der Waals surface area contributed by atoms with Crippen LogP contribution in [0.3, 0.4) is 0 Å². The first-order valence-corrected chi connectivity index (χ1v) is 8.70. The summed E-state index contributed by atoms with van der Waals surface area (Å²) in [7, 11) is 0. The smallest absolute Gasteiger partial charge is 0.252 e. The molecule has 2 aromatic heterocycles. The number of pyridine rings is 1. The van der Waals surface area contributed by atoms with Crippen molar-refractivity contribution in [3.63, 3.8) is 0 Å². The molecule has 2 saturated carbocycles. The molecule has 2 heterocycles. The molecule has 128 valence electrons. The molecule has 1 unspecified atom stereocenters. The Bertz CT molecular complexity index is 786. The summed E-state index contributed by atoms with van der Waals surface area (Å²) >= 11 is 0. The molecular formula is C18H24N4O2. The summed E-state index contributed by atoms with van der Waals surface area (Å²) < 4.78 is 0. The fraction of sp³-hybridized carbons (Fsp3) is 0.556. The van der Waals surface area contributed by atoms with Gasteiger partial charge in [-0.1, -0.05) is 6.92 Å². The zero-order valence-corrected chi connectivity index (χ0v) is 13.9. The third-order valence-corrected chi connectivity index (χ3v) is 5.75. The maximum Gasteiger partial charge on any atom is 0.252 e. The molecular weight excluding hydrogens is 304 g/mol. The van der Waals surface area contributed by atoms with Gasteiger partial charge in [-0.2, -0.15) is 0 Å². The molecule has 24 heavy (non-hydrogen) atoms. The van der Waals surface area contributed by atoms with Crippen molar-refractivity contribution >= 4 is 22.6 Å². The van der Waals surface area contributed by atoms with Crippen molar-refractivity contribution in [2.45, 2.75) is 50.7 Å². The Morgan fingerprint density at radius 3 is 3.12 bits per heavy atom. The van der Waals surface area contributed by atoms with E-state index in [0.29, 0.717) is 17.4 Å². The Balaban J connectivity index is 1.68. The lowest BCUT2D eigenvalue weighted by atomic mass is 9.64. The minimum Gasteiger partial charge on any atom is -0.390 e. The molecule has 6 heteroatoms. The van der Waals surface area contributed by atoms with Gasteiger partial charge in [0.25, 0.3) is 5.91 Å². The van der Waals surface area contributed by atoms with Crippen molar-refractivity contribution in [2.24, 2.45) is 17.6 Å². The molecule has 2 aromatic rings. The highest BCUT2D eigenvalue weighted by Crippen LogP contribution is 2.46. The molecule has 2 fully saturated rings. The summed E-state index contributed by atoms with van der Waals surface area (Å²) in [5, 5.41) is 15.2. The van der Waals surface area contributed by atoms with E-state index in [1.165, 1.54) is 6.20 Å². The van der Waals surface area contributed by atoms with Gasteiger partial charge in [0.15, 0.2) is 0 Å². The molecule has 5 N–H and O–H groups in total. The average molecular weight is 328 g/mol. The SMILES string of the molecule is CC1C[C@H]2C[C@](O)(CC[C@@H]2Nc2c(C(N)=O)cnc3[nH]ccc23)C1. The van der Waals surface area contributed by atoms with Gasteiger partial charge in [-0.3, -0.25) is 4.79 Å². The number of carbonyl (C=O) groups is 1. The highest BCUT2D eigenvalue weighted by atomic mass is 16.3. The Kier molecular flexibility index (Phi) is 3.53. The maximum atomic E-state index is 11.8. The zero-order chi connectivity index (χ0) is 16.9. The van der Waals surface area contributed by atoms with Gasteiger partial charge in [0.2, 0.25) is 0 Å². The highest BCUT2D eigenvalue weighted by Gasteiger charge is 2.44. The van der Waals surface area contributed by atoms with Crippen LogP contribution in [0.2, 0.25) is 0 Å². The summed E-state index contributed by atoms with van der Waals surface area (Å²) in [6, 6.07) is 2.16. The monoisotopic (exact) mass is 328 g/mol. The minimum atomic E-state index is -0.505. The predicted octanol–water partition coefficient (Wildman–Crippen LogP) is 2.40. The molecule has 4 rings (SSSR count). The number of hydrogen-bond acceptors (Lipinski definition) is 4. The van der Waals surface area contributed by atoms with Crippen LogP contribution in [-0.2, 0) is 0 Å². The number of aliphatic hydroxyl groups is 1.